The zero-order valence-electron chi connectivity index (χ0n) is 14.9. The third-order valence-corrected chi connectivity index (χ3v) is 5.27. The zero-order valence-corrected chi connectivity index (χ0v) is 14.9. The van der Waals surface area contributed by atoms with Gasteiger partial charge in [0.25, 0.3) is 0 Å². The van der Waals surface area contributed by atoms with Crippen molar-refractivity contribution in [3.8, 4) is 17.3 Å². The van der Waals surface area contributed by atoms with Gasteiger partial charge in [-0.1, -0.05) is 12.8 Å². The van der Waals surface area contributed by atoms with E-state index < -0.39 is 0 Å². The third-order valence-electron chi connectivity index (χ3n) is 5.27. The molecule has 0 spiro atoms. The number of anilines is 1. The molecule has 0 radical (unpaired) electrons. The second kappa shape index (κ2) is 7.16. The smallest absolute Gasteiger partial charge is 0.157 e. The van der Waals surface area contributed by atoms with E-state index in [1.165, 1.54) is 25.7 Å². The molecule has 0 amide bonds. The summed E-state index contributed by atoms with van der Waals surface area (Å²) in [6.45, 7) is 2.83. The van der Waals surface area contributed by atoms with Gasteiger partial charge in [0.15, 0.2) is 5.82 Å². The molecule has 1 aliphatic carbocycles. The maximum Gasteiger partial charge on any atom is 0.157 e. The normalized spacial score (nSPS) is 16.0. The Labute approximate surface area is 152 Å². The standard InChI is InChI=1S/C19H23N7/c1-2-21-19-15(17-14-8-10-22-18(14)24-12-23-17)11-26(25-19)16(7-9-20)13-5-3-4-6-13/h8,10-13,16H,2-7H2,1H3,(H,21,25)(H,22,23,24)/t16-/m1/s1. The molecule has 7 nitrogen and oxygen atoms in total. The lowest BCUT2D eigenvalue weighted by molar-refractivity contribution is 0.315. The molecule has 0 aromatic carbocycles. The van der Waals surface area contributed by atoms with Crippen molar-refractivity contribution in [1.82, 2.24) is 24.7 Å². The van der Waals surface area contributed by atoms with Crippen LogP contribution in [0.3, 0.4) is 0 Å². The number of aromatic amines is 1. The van der Waals surface area contributed by atoms with E-state index in [4.69, 9.17) is 5.10 Å². The third kappa shape index (κ3) is 2.92. The Balaban J connectivity index is 1.80. The molecule has 4 rings (SSSR count). The summed E-state index contributed by atoms with van der Waals surface area (Å²) in [4.78, 5) is 11.9. The number of nitrogens with zero attached hydrogens (tertiary/aromatic N) is 5. The fraction of sp³-hybridized carbons (Fsp3) is 0.474. The lowest BCUT2D eigenvalue weighted by Gasteiger charge is -2.21. The van der Waals surface area contributed by atoms with Gasteiger partial charge in [0, 0.05) is 24.3 Å². The second-order valence-electron chi connectivity index (χ2n) is 6.84. The summed E-state index contributed by atoms with van der Waals surface area (Å²) in [6.07, 6.45) is 10.8. The minimum atomic E-state index is 0.122. The van der Waals surface area contributed by atoms with Crippen LogP contribution in [-0.4, -0.2) is 31.3 Å². The predicted octanol–water partition coefficient (Wildman–Crippen LogP) is 3.90. The fourth-order valence-electron chi connectivity index (χ4n) is 4.03. The molecule has 1 saturated carbocycles. The topological polar surface area (TPSA) is 95.2 Å². The lowest BCUT2D eigenvalue weighted by atomic mass is 9.96. The summed E-state index contributed by atoms with van der Waals surface area (Å²) in [5.74, 6) is 1.34. The van der Waals surface area contributed by atoms with E-state index in [1.807, 2.05) is 23.1 Å². The molecule has 0 unspecified atom stereocenters. The Hall–Kier alpha value is -2.88. The van der Waals surface area contributed by atoms with Crippen LogP contribution in [0.25, 0.3) is 22.3 Å². The van der Waals surface area contributed by atoms with E-state index in [0.29, 0.717) is 12.3 Å². The van der Waals surface area contributed by atoms with E-state index in [0.717, 1.165) is 34.7 Å². The van der Waals surface area contributed by atoms with Crippen molar-refractivity contribution in [3.63, 3.8) is 0 Å². The highest BCUT2D eigenvalue weighted by Crippen LogP contribution is 2.38. The highest BCUT2D eigenvalue weighted by atomic mass is 15.3. The molecule has 7 heteroatoms. The molecule has 0 bridgehead atoms. The van der Waals surface area contributed by atoms with Crippen molar-refractivity contribution in [1.29, 1.82) is 5.26 Å². The van der Waals surface area contributed by atoms with Crippen molar-refractivity contribution >= 4 is 16.9 Å². The van der Waals surface area contributed by atoms with Crippen LogP contribution in [0.1, 0.15) is 45.1 Å². The van der Waals surface area contributed by atoms with Crippen LogP contribution in [-0.2, 0) is 0 Å². The monoisotopic (exact) mass is 349 g/mol. The highest BCUT2D eigenvalue weighted by molar-refractivity contribution is 5.93. The minimum Gasteiger partial charge on any atom is -0.368 e. The van der Waals surface area contributed by atoms with E-state index in [1.54, 1.807) is 6.33 Å². The lowest BCUT2D eigenvalue weighted by Crippen LogP contribution is -2.18. The fourth-order valence-corrected chi connectivity index (χ4v) is 4.03. The Morgan fingerprint density at radius 1 is 1.38 bits per heavy atom. The van der Waals surface area contributed by atoms with Crippen LogP contribution in [0, 0.1) is 17.2 Å². The van der Waals surface area contributed by atoms with Crippen LogP contribution in [0.4, 0.5) is 5.82 Å². The molecule has 2 N–H and O–H groups in total. The molecule has 26 heavy (non-hydrogen) atoms. The van der Waals surface area contributed by atoms with Gasteiger partial charge in [-0.15, -0.1) is 0 Å². The van der Waals surface area contributed by atoms with Crippen molar-refractivity contribution in [2.75, 3.05) is 11.9 Å². The van der Waals surface area contributed by atoms with Gasteiger partial charge < -0.3 is 10.3 Å². The Morgan fingerprint density at radius 3 is 3.00 bits per heavy atom. The molecule has 1 atom stereocenters. The molecule has 3 aromatic rings. The molecule has 3 heterocycles. The summed E-state index contributed by atoms with van der Waals surface area (Å²) in [6, 6.07) is 4.47. The average molecular weight is 349 g/mol. The quantitative estimate of drug-likeness (QED) is 0.704. The molecular formula is C19H23N7. The molecule has 1 aliphatic rings. The SMILES string of the molecule is CCNc1nn([C@H](CC#N)C2CCCC2)cc1-c1ncnc2[nH]ccc12. The summed E-state index contributed by atoms with van der Waals surface area (Å²) in [5.41, 5.74) is 2.63. The molecular weight excluding hydrogens is 326 g/mol. The summed E-state index contributed by atoms with van der Waals surface area (Å²) in [7, 11) is 0. The predicted molar refractivity (Wildman–Crippen MR) is 100 cm³/mol. The van der Waals surface area contributed by atoms with Crippen LogP contribution >= 0.6 is 0 Å². The van der Waals surface area contributed by atoms with Crippen LogP contribution < -0.4 is 5.32 Å². The molecule has 0 aliphatic heterocycles. The number of rotatable bonds is 6. The van der Waals surface area contributed by atoms with E-state index in [9.17, 15) is 5.26 Å². The summed E-state index contributed by atoms with van der Waals surface area (Å²) < 4.78 is 1.99. The molecule has 1 fully saturated rings. The maximum atomic E-state index is 9.34. The number of H-pyrrole nitrogens is 1. The number of nitriles is 1. The first kappa shape index (κ1) is 16.6. The zero-order chi connectivity index (χ0) is 17.9. The largest absolute Gasteiger partial charge is 0.368 e. The first-order chi connectivity index (χ1) is 12.8. The summed E-state index contributed by atoms with van der Waals surface area (Å²) in [5, 5.41) is 18.5. The van der Waals surface area contributed by atoms with Crippen LogP contribution in [0.5, 0.6) is 0 Å². The van der Waals surface area contributed by atoms with Crippen LogP contribution in [0.2, 0.25) is 0 Å². The van der Waals surface area contributed by atoms with Crippen molar-refractivity contribution in [2.45, 2.75) is 45.1 Å². The number of hydrogen-bond donors (Lipinski definition) is 2. The maximum absolute atomic E-state index is 9.34. The molecule has 134 valence electrons. The first-order valence-corrected chi connectivity index (χ1v) is 9.30. The number of fused-ring (bicyclic) bond motifs is 1. The Morgan fingerprint density at radius 2 is 2.23 bits per heavy atom. The van der Waals surface area contributed by atoms with Crippen molar-refractivity contribution in [3.05, 3.63) is 24.8 Å². The number of nitrogens with one attached hydrogen (secondary N) is 2. The number of hydrogen-bond acceptors (Lipinski definition) is 5. The second-order valence-corrected chi connectivity index (χ2v) is 6.84. The minimum absolute atomic E-state index is 0.122. The number of aromatic nitrogens is 5. The Kier molecular flexibility index (Phi) is 4.57. The summed E-state index contributed by atoms with van der Waals surface area (Å²) >= 11 is 0. The first-order valence-electron chi connectivity index (χ1n) is 9.30. The van der Waals surface area contributed by atoms with Crippen molar-refractivity contribution in [2.24, 2.45) is 5.92 Å². The van der Waals surface area contributed by atoms with Gasteiger partial charge >= 0.3 is 0 Å². The average Bonchev–Trinajstić information content (AvgIpc) is 3.39. The van der Waals surface area contributed by atoms with E-state index >= 15 is 0 Å². The van der Waals surface area contributed by atoms with E-state index in [2.05, 4.69) is 33.3 Å². The van der Waals surface area contributed by atoms with Crippen molar-refractivity contribution < 1.29 is 0 Å². The van der Waals surface area contributed by atoms with Gasteiger partial charge in [0.1, 0.15) is 12.0 Å². The molecule has 3 aromatic heterocycles. The Bertz CT molecular complexity index is 927. The van der Waals surface area contributed by atoms with Gasteiger partial charge in [-0.25, -0.2) is 9.97 Å². The molecule has 0 saturated heterocycles. The van der Waals surface area contributed by atoms with Gasteiger partial charge in [-0.3, -0.25) is 4.68 Å². The van der Waals surface area contributed by atoms with Gasteiger partial charge in [-0.05, 0) is 31.7 Å². The van der Waals surface area contributed by atoms with Gasteiger partial charge in [0.05, 0.1) is 29.8 Å². The van der Waals surface area contributed by atoms with E-state index in [-0.39, 0.29) is 6.04 Å². The van der Waals surface area contributed by atoms with Gasteiger partial charge in [0.2, 0.25) is 0 Å². The van der Waals surface area contributed by atoms with Gasteiger partial charge in [-0.2, -0.15) is 10.4 Å². The van der Waals surface area contributed by atoms with Crippen LogP contribution in [0.15, 0.2) is 24.8 Å². The highest BCUT2D eigenvalue weighted by Gasteiger charge is 2.28.